The Morgan fingerprint density at radius 2 is 1.79 bits per heavy atom. The van der Waals surface area contributed by atoms with Crippen LogP contribution in [0, 0.1) is 0 Å². The van der Waals surface area contributed by atoms with Gasteiger partial charge in [-0.25, -0.2) is 4.79 Å². The molecule has 0 fully saturated rings. The van der Waals surface area contributed by atoms with Crippen LogP contribution < -0.4 is 15.4 Å². The second kappa shape index (κ2) is 10.1. The molecule has 3 amide bonds. The minimum absolute atomic E-state index is 0.0521. The fourth-order valence-electron chi connectivity index (χ4n) is 3.82. The Morgan fingerprint density at radius 1 is 1.09 bits per heavy atom. The number of hydrogen-bond acceptors (Lipinski definition) is 5. The minimum atomic E-state index is -0.763. The third kappa shape index (κ3) is 5.28. The van der Waals surface area contributed by atoms with Gasteiger partial charge < -0.3 is 20.2 Å². The van der Waals surface area contributed by atoms with Crippen LogP contribution in [0.5, 0.6) is 5.75 Å². The third-order valence-electron chi connectivity index (χ3n) is 5.52. The van der Waals surface area contributed by atoms with E-state index >= 15 is 0 Å². The van der Waals surface area contributed by atoms with Crippen molar-refractivity contribution in [3.63, 3.8) is 0 Å². The van der Waals surface area contributed by atoms with Crippen molar-refractivity contribution >= 4 is 34.9 Å². The van der Waals surface area contributed by atoms with Crippen molar-refractivity contribution < 1.29 is 23.9 Å². The van der Waals surface area contributed by atoms with E-state index in [1.165, 1.54) is 18.7 Å². The van der Waals surface area contributed by atoms with E-state index in [0.717, 1.165) is 0 Å². The van der Waals surface area contributed by atoms with Crippen LogP contribution in [0.25, 0.3) is 5.70 Å². The first-order valence-corrected chi connectivity index (χ1v) is 10.6. The number of rotatable bonds is 9. The molecule has 172 valence electrons. The first-order valence-electron chi connectivity index (χ1n) is 10.6. The summed E-state index contributed by atoms with van der Waals surface area (Å²) in [6.07, 6.45) is 0.429. The van der Waals surface area contributed by atoms with Gasteiger partial charge >= 0.3 is 6.03 Å². The molecule has 0 aromatic heterocycles. The van der Waals surface area contributed by atoms with Crippen molar-refractivity contribution in [1.82, 2.24) is 10.2 Å². The van der Waals surface area contributed by atoms with E-state index in [4.69, 9.17) is 4.74 Å². The molecule has 0 saturated heterocycles. The molecule has 0 saturated carbocycles. The molecule has 0 radical (unpaired) electrons. The summed E-state index contributed by atoms with van der Waals surface area (Å²) in [5.74, 6) is 0.0591. The molecule has 1 aliphatic heterocycles. The highest BCUT2D eigenvalue weighted by atomic mass is 16.5. The Hall–Kier alpha value is -3.94. The van der Waals surface area contributed by atoms with Gasteiger partial charge in [0, 0.05) is 29.9 Å². The number of fused-ring (bicyclic) bond motifs is 1. The molecule has 2 aromatic rings. The summed E-state index contributed by atoms with van der Waals surface area (Å²) in [6.45, 7) is 6.98. The molecule has 33 heavy (non-hydrogen) atoms. The largest absolute Gasteiger partial charge is 0.497 e. The highest BCUT2D eigenvalue weighted by molar-refractivity contribution is 6.12. The highest BCUT2D eigenvalue weighted by Gasteiger charge is 2.39. The minimum Gasteiger partial charge on any atom is -0.497 e. The molecule has 2 aromatic carbocycles. The number of hydrogen-bond donors (Lipinski definition) is 2. The molecule has 0 bridgehead atoms. The zero-order valence-corrected chi connectivity index (χ0v) is 18.9. The summed E-state index contributed by atoms with van der Waals surface area (Å²) in [5.41, 5.74) is 2.64. The van der Waals surface area contributed by atoms with Crippen molar-refractivity contribution in [2.75, 3.05) is 12.4 Å². The second-order valence-electron chi connectivity index (χ2n) is 7.86. The SMILES string of the molecule is C=C1c2cccc(CNC(=O)Nc3ccc(OC)cc3)c2C(=O)N1C(CCC(C)=O)C(C)=O. The van der Waals surface area contributed by atoms with Gasteiger partial charge in [0.25, 0.3) is 5.91 Å². The number of methoxy groups -OCH3 is 1. The molecule has 8 nitrogen and oxygen atoms in total. The molecule has 3 rings (SSSR count). The lowest BCUT2D eigenvalue weighted by molar-refractivity contribution is -0.121. The molecule has 8 heteroatoms. The molecular weight excluding hydrogens is 422 g/mol. The van der Waals surface area contributed by atoms with Crippen molar-refractivity contribution in [2.24, 2.45) is 0 Å². The van der Waals surface area contributed by atoms with Gasteiger partial charge in [-0.15, -0.1) is 0 Å². The summed E-state index contributed by atoms with van der Waals surface area (Å²) >= 11 is 0. The Morgan fingerprint density at radius 3 is 2.39 bits per heavy atom. The number of carbonyl (C=O) groups is 4. The van der Waals surface area contributed by atoms with Crippen LogP contribution in [0.15, 0.2) is 49.0 Å². The number of nitrogens with one attached hydrogen (secondary N) is 2. The van der Waals surface area contributed by atoms with Gasteiger partial charge in [-0.05, 0) is 50.1 Å². The van der Waals surface area contributed by atoms with Crippen molar-refractivity contribution in [2.45, 2.75) is 39.3 Å². The van der Waals surface area contributed by atoms with Crippen LogP contribution >= 0.6 is 0 Å². The normalized spacial score (nSPS) is 13.4. The van der Waals surface area contributed by atoms with E-state index in [1.54, 1.807) is 49.6 Å². The van der Waals surface area contributed by atoms with E-state index in [2.05, 4.69) is 17.2 Å². The van der Waals surface area contributed by atoms with E-state index in [9.17, 15) is 19.2 Å². The van der Waals surface area contributed by atoms with E-state index in [0.29, 0.717) is 33.8 Å². The molecule has 0 aliphatic carbocycles. The standard InChI is InChI=1S/C25H27N3O5/c1-15(29)8-13-22(17(3)30)28-16(2)21-7-5-6-18(23(21)24(28)31)14-26-25(32)27-19-9-11-20(33-4)12-10-19/h5-7,9-12,22H,2,8,13-14H2,1,3-4H3,(H2,26,27,32). The summed E-state index contributed by atoms with van der Waals surface area (Å²) < 4.78 is 5.10. The molecule has 1 unspecified atom stereocenters. The van der Waals surface area contributed by atoms with Gasteiger partial charge in [0.1, 0.15) is 11.5 Å². The van der Waals surface area contributed by atoms with Crippen LogP contribution in [0.4, 0.5) is 10.5 Å². The lowest BCUT2D eigenvalue weighted by atomic mass is 10.0. The predicted molar refractivity (Wildman–Crippen MR) is 125 cm³/mol. The van der Waals surface area contributed by atoms with Crippen molar-refractivity contribution in [1.29, 1.82) is 0 Å². The average Bonchev–Trinajstić information content (AvgIpc) is 3.03. The first-order chi connectivity index (χ1) is 15.7. The number of benzene rings is 2. The quantitative estimate of drug-likeness (QED) is 0.606. The summed E-state index contributed by atoms with van der Waals surface area (Å²) in [4.78, 5) is 50.8. The van der Waals surface area contributed by atoms with Crippen LogP contribution in [-0.2, 0) is 16.1 Å². The zero-order chi connectivity index (χ0) is 24.1. The van der Waals surface area contributed by atoms with Crippen LogP contribution in [-0.4, -0.2) is 41.6 Å². The smallest absolute Gasteiger partial charge is 0.319 e. The summed E-state index contributed by atoms with van der Waals surface area (Å²) in [7, 11) is 1.56. The molecule has 1 aliphatic rings. The van der Waals surface area contributed by atoms with Crippen molar-refractivity contribution in [3.05, 3.63) is 65.7 Å². The topological polar surface area (TPSA) is 105 Å². The van der Waals surface area contributed by atoms with Crippen LogP contribution in [0.1, 0.15) is 48.2 Å². The van der Waals surface area contributed by atoms with Crippen LogP contribution in [0.2, 0.25) is 0 Å². The molecule has 1 heterocycles. The third-order valence-corrected chi connectivity index (χ3v) is 5.52. The lowest BCUT2D eigenvalue weighted by Gasteiger charge is -2.26. The van der Waals surface area contributed by atoms with Gasteiger partial charge in [0.05, 0.1) is 18.7 Å². The van der Waals surface area contributed by atoms with E-state index < -0.39 is 12.1 Å². The molecular formula is C25H27N3O5. The number of carbonyl (C=O) groups excluding carboxylic acids is 4. The fourth-order valence-corrected chi connectivity index (χ4v) is 3.82. The monoisotopic (exact) mass is 449 g/mol. The number of amides is 3. The Labute approximate surface area is 192 Å². The van der Waals surface area contributed by atoms with Gasteiger partial charge in [0.2, 0.25) is 0 Å². The number of urea groups is 1. The highest BCUT2D eigenvalue weighted by Crippen LogP contribution is 2.36. The maximum Gasteiger partial charge on any atom is 0.319 e. The van der Waals surface area contributed by atoms with E-state index in [1.807, 2.05) is 0 Å². The lowest BCUT2D eigenvalue weighted by Crippen LogP contribution is -2.40. The van der Waals surface area contributed by atoms with E-state index in [-0.39, 0.29) is 36.9 Å². The molecule has 1 atom stereocenters. The Kier molecular flexibility index (Phi) is 7.27. The summed E-state index contributed by atoms with van der Waals surface area (Å²) in [6, 6.07) is 11.0. The number of nitrogens with zero attached hydrogens (tertiary/aromatic N) is 1. The first kappa shape index (κ1) is 23.7. The molecule has 0 spiro atoms. The number of ether oxygens (including phenoxy) is 1. The summed E-state index contributed by atoms with van der Waals surface area (Å²) in [5, 5.41) is 5.48. The Balaban J connectivity index is 1.74. The average molecular weight is 450 g/mol. The number of Topliss-reactive ketones (excluding diaryl/α,β-unsaturated/α-hetero) is 2. The predicted octanol–water partition coefficient (Wildman–Crippen LogP) is 3.77. The number of ketones is 2. The van der Waals surface area contributed by atoms with Crippen molar-refractivity contribution in [3.8, 4) is 5.75 Å². The van der Waals surface area contributed by atoms with Gasteiger partial charge in [-0.2, -0.15) is 0 Å². The zero-order valence-electron chi connectivity index (χ0n) is 18.9. The van der Waals surface area contributed by atoms with Crippen LogP contribution in [0.3, 0.4) is 0 Å². The maximum atomic E-state index is 13.3. The second-order valence-corrected chi connectivity index (χ2v) is 7.86. The Bertz CT molecular complexity index is 1110. The maximum absolute atomic E-state index is 13.3. The van der Waals surface area contributed by atoms with Gasteiger partial charge in [-0.3, -0.25) is 14.5 Å². The fraction of sp³-hybridized carbons (Fsp3) is 0.280. The van der Waals surface area contributed by atoms with Gasteiger partial charge in [0.15, 0.2) is 5.78 Å². The number of anilines is 1. The van der Waals surface area contributed by atoms with Gasteiger partial charge in [-0.1, -0.05) is 24.8 Å². The molecule has 2 N–H and O–H groups in total.